The van der Waals surface area contributed by atoms with Crippen LogP contribution in [0.4, 0.5) is 0 Å². The van der Waals surface area contributed by atoms with Gasteiger partial charge in [0.2, 0.25) is 0 Å². The van der Waals surface area contributed by atoms with Crippen LogP contribution in [0.3, 0.4) is 0 Å². The molecular weight excluding hydrogens is 219 g/mol. The van der Waals surface area contributed by atoms with Gasteiger partial charge in [-0.1, -0.05) is 59.7 Å². The molecule has 0 amide bonds. The van der Waals surface area contributed by atoms with Gasteiger partial charge in [0, 0.05) is 11.1 Å². The van der Waals surface area contributed by atoms with Gasteiger partial charge in [-0.3, -0.25) is 0 Å². The fraction of sp³-hybridized carbons (Fsp3) is 0. The summed E-state index contributed by atoms with van der Waals surface area (Å²) in [5, 5.41) is 8.20. The molecule has 0 saturated heterocycles. The Morgan fingerprint density at radius 3 is 1.57 bits per heavy atom. The summed E-state index contributed by atoms with van der Waals surface area (Å²) in [6.07, 6.45) is 11.3. The van der Waals surface area contributed by atoms with Crippen LogP contribution in [0.15, 0.2) is 24.3 Å². The van der Waals surface area contributed by atoms with E-state index < -0.39 is 0 Å². The molecule has 4 heteroatoms. The summed E-state index contributed by atoms with van der Waals surface area (Å²) in [6.45, 7) is 0. The Kier molecular flexibility index (Phi) is 2.66. The van der Waals surface area contributed by atoms with Crippen molar-refractivity contribution >= 4 is 35.4 Å². The summed E-state index contributed by atoms with van der Waals surface area (Å²) in [5.74, 6) is 0. The zero-order chi connectivity index (χ0) is 9.97. The van der Waals surface area contributed by atoms with Crippen molar-refractivity contribution in [3.63, 3.8) is 0 Å². The molecule has 70 valence electrons. The second-order valence-electron chi connectivity index (χ2n) is 2.71. The highest BCUT2D eigenvalue weighted by Gasteiger charge is 2.09. The van der Waals surface area contributed by atoms with Crippen LogP contribution in [0.2, 0.25) is 10.3 Å². The van der Waals surface area contributed by atoms with Gasteiger partial charge < -0.3 is 0 Å². The third-order valence-corrected chi connectivity index (χ3v) is 2.38. The first-order valence-electron chi connectivity index (χ1n) is 4.02. The third kappa shape index (κ3) is 1.72. The van der Waals surface area contributed by atoms with Crippen molar-refractivity contribution < 1.29 is 0 Å². The van der Waals surface area contributed by atoms with Crippen molar-refractivity contribution in [1.29, 1.82) is 0 Å². The first kappa shape index (κ1) is 9.44. The highest BCUT2D eigenvalue weighted by atomic mass is 35.5. The van der Waals surface area contributed by atoms with E-state index in [4.69, 9.17) is 23.2 Å². The van der Waals surface area contributed by atoms with Gasteiger partial charge in [-0.2, -0.15) is 0 Å². The number of hydrogen-bond acceptors (Lipinski definition) is 2. The van der Waals surface area contributed by atoms with Gasteiger partial charge in [0.05, 0.1) is 0 Å². The van der Waals surface area contributed by atoms with Gasteiger partial charge in [-0.05, 0) is 0 Å². The topological polar surface area (TPSA) is 25.8 Å². The zero-order valence-electron chi connectivity index (χ0n) is 7.11. The molecule has 0 unspecified atom stereocenters. The average molecular weight is 225 g/mol. The number of aromatic nitrogens is 2. The van der Waals surface area contributed by atoms with E-state index >= 15 is 0 Å². The zero-order valence-corrected chi connectivity index (χ0v) is 8.63. The number of nitrogens with zero attached hydrogens (tertiary/aromatic N) is 2. The normalized spacial score (nSPS) is 18.1. The molecule has 1 aromatic heterocycles. The maximum Gasteiger partial charge on any atom is 0.159 e. The molecule has 0 radical (unpaired) electrons. The van der Waals surface area contributed by atoms with Crippen LogP contribution in [0, 0.1) is 0 Å². The number of fused-ring (bicyclic) bond motifs is 1. The van der Waals surface area contributed by atoms with Gasteiger partial charge in [-0.25, -0.2) is 0 Å². The lowest BCUT2D eigenvalue weighted by molar-refractivity contribution is 1.02. The van der Waals surface area contributed by atoms with Gasteiger partial charge >= 0.3 is 0 Å². The molecule has 2 nitrogen and oxygen atoms in total. The lowest BCUT2D eigenvalue weighted by Gasteiger charge is -2.04. The van der Waals surface area contributed by atoms with Crippen molar-refractivity contribution in [3.05, 3.63) is 45.7 Å². The van der Waals surface area contributed by atoms with Gasteiger partial charge in [0.15, 0.2) is 10.3 Å². The predicted molar refractivity (Wildman–Crippen MR) is 59.3 cm³/mol. The fourth-order valence-electron chi connectivity index (χ4n) is 1.17. The number of allylic oxidation sites excluding steroid dienone is 4. The smallest absolute Gasteiger partial charge is 0.136 e. The maximum atomic E-state index is 5.90. The summed E-state index contributed by atoms with van der Waals surface area (Å²) in [5.41, 5.74) is 1.60. The summed E-state index contributed by atoms with van der Waals surface area (Å²) >= 11 is 11.8. The van der Waals surface area contributed by atoms with Crippen molar-refractivity contribution in [2.45, 2.75) is 0 Å². The highest BCUT2D eigenvalue weighted by Crippen LogP contribution is 2.26. The van der Waals surface area contributed by atoms with Crippen molar-refractivity contribution in [2.75, 3.05) is 0 Å². The Morgan fingerprint density at radius 2 is 1.14 bits per heavy atom. The Balaban J connectivity index is 2.69. The average Bonchev–Trinajstić information content (AvgIpc) is 2.11. The molecule has 1 aliphatic rings. The minimum atomic E-state index is 0.362. The molecule has 1 aliphatic carbocycles. The third-order valence-electron chi connectivity index (χ3n) is 1.82. The lowest BCUT2D eigenvalue weighted by atomic mass is 10.1. The van der Waals surface area contributed by atoms with E-state index in [0.29, 0.717) is 10.3 Å². The Hall–Kier alpha value is -1.12. The molecule has 0 saturated carbocycles. The molecule has 0 N–H and O–H groups in total. The van der Waals surface area contributed by atoms with Crippen LogP contribution in [0.1, 0.15) is 11.1 Å². The van der Waals surface area contributed by atoms with Gasteiger partial charge in [-0.15, -0.1) is 10.2 Å². The van der Waals surface area contributed by atoms with E-state index in [1.807, 2.05) is 36.5 Å². The Labute approximate surface area is 91.6 Å². The van der Waals surface area contributed by atoms with E-state index in [1.54, 1.807) is 0 Å². The number of hydrogen-bond donors (Lipinski definition) is 0. The quantitative estimate of drug-likeness (QED) is 0.676. The molecule has 0 spiro atoms. The molecule has 1 aromatic rings. The molecular formula is C10H6Cl2N2. The first-order valence-corrected chi connectivity index (χ1v) is 4.78. The standard InChI is InChI=1S/C10H6Cl2N2/c11-9-7-5-3-1-2-4-6-8(7)10(12)14-13-9/h1-6H/b2-1-,3-1?,4-2?,5-3-,6-4?,7-5?,8-6?. The second-order valence-corrected chi connectivity index (χ2v) is 3.43. The van der Waals surface area contributed by atoms with E-state index in [2.05, 4.69) is 10.2 Å². The maximum absolute atomic E-state index is 5.90. The summed E-state index contributed by atoms with van der Waals surface area (Å²) < 4.78 is 0. The predicted octanol–water partition coefficient (Wildman–Crippen LogP) is 3.38. The monoisotopic (exact) mass is 224 g/mol. The fourth-order valence-corrected chi connectivity index (χ4v) is 1.57. The van der Waals surface area contributed by atoms with E-state index in [0.717, 1.165) is 11.1 Å². The van der Waals surface area contributed by atoms with Crippen molar-refractivity contribution in [2.24, 2.45) is 0 Å². The number of halogens is 2. The highest BCUT2D eigenvalue weighted by molar-refractivity contribution is 6.33. The van der Waals surface area contributed by atoms with Crippen LogP contribution < -0.4 is 0 Å². The van der Waals surface area contributed by atoms with Crippen LogP contribution in [-0.2, 0) is 0 Å². The molecule has 0 aliphatic heterocycles. The molecule has 2 rings (SSSR count). The molecule has 1 heterocycles. The molecule has 0 bridgehead atoms. The molecule has 0 atom stereocenters. The van der Waals surface area contributed by atoms with Crippen LogP contribution >= 0.6 is 23.2 Å². The summed E-state index contributed by atoms with van der Waals surface area (Å²) in [6, 6.07) is 0. The first-order chi connectivity index (χ1) is 6.79. The van der Waals surface area contributed by atoms with Crippen LogP contribution in [0.25, 0.3) is 12.2 Å². The van der Waals surface area contributed by atoms with Gasteiger partial charge in [0.1, 0.15) is 0 Å². The summed E-state index contributed by atoms with van der Waals surface area (Å²) in [7, 11) is 0. The number of rotatable bonds is 0. The van der Waals surface area contributed by atoms with E-state index in [-0.39, 0.29) is 0 Å². The van der Waals surface area contributed by atoms with Crippen LogP contribution in [-0.4, -0.2) is 10.2 Å². The molecule has 0 fully saturated rings. The lowest BCUT2D eigenvalue weighted by Crippen LogP contribution is -1.93. The van der Waals surface area contributed by atoms with E-state index in [9.17, 15) is 0 Å². The van der Waals surface area contributed by atoms with Crippen LogP contribution in [0.5, 0.6) is 0 Å². The van der Waals surface area contributed by atoms with Gasteiger partial charge in [0.25, 0.3) is 0 Å². The SMILES string of the molecule is Clc1nnc(Cl)c2c1C=C/C=C\C=C/2. The van der Waals surface area contributed by atoms with E-state index in [1.165, 1.54) is 0 Å². The molecule has 0 aromatic carbocycles. The Bertz CT molecular complexity index is 407. The minimum absolute atomic E-state index is 0.362. The second kappa shape index (κ2) is 3.95. The molecule has 14 heavy (non-hydrogen) atoms. The van der Waals surface area contributed by atoms with Crippen molar-refractivity contribution in [3.8, 4) is 0 Å². The summed E-state index contributed by atoms with van der Waals surface area (Å²) in [4.78, 5) is 0. The van der Waals surface area contributed by atoms with Crippen molar-refractivity contribution in [1.82, 2.24) is 10.2 Å². The Morgan fingerprint density at radius 1 is 0.714 bits per heavy atom. The largest absolute Gasteiger partial charge is 0.159 e. The minimum Gasteiger partial charge on any atom is -0.136 e.